The Morgan fingerprint density at radius 2 is 1.71 bits per heavy atom. The molecule has 1 rings (SSSR count). The number of aryl methyl sites for hydroxylation is 1. The Kier molecular flexibility index (Phi) is 13.3. The Bertz CT molecular complexity index is 429. The van der Waals surface area contributed by atoms with Gasteiger partial charge in [-0.25, -0.2) is 9.13 Å². The first-order chi connectivity index (χ1) is 11.5. The van der Waals surface area contributed by atoms with E-state index in [0.29, 0.717) is 6.42 Å². The lowest BCUT2D eigenvalue weighted by molar-refractivity contribution is -0.671. The summed E-state index contributed by atoms with van der Waals surface area (Å²) in [5.41, 5.74) is 0. The fourth-order valence-electron chi connectivity index (χ4n) is 2.76. The molecule has 0 radical (unpaired) electrons. The van der Waals surface area contributed by atoms with Crippen LogP contribution in [0.3, 0.4) is 0 Å². The van der Waals surface area contributed by atoms with Crippen molar-refractivity contribution < 1.29 is 14.5 Å². The second kappa shape index (κ2) is 14.1. The number of aliphatic carboxylic acids is 1. The number of rotatable bonds is 11. The number of nitrogens with zero attached hydrogens (tertiary/aromatic N) is 2. The number of carboxylic acid groups (broad SMARTS) is 1. The molecular weight excluding hydrogens is 300 g/mol. The van der Waals surface area contributed by atoms with E-state index in [1.165, 1.54) is 32.2 Å². The van der Waals surface area contributed by atoms with E-state index in [2.05, 4.69) is 55.7 Å². The zero-order chi connectivity index (χ0) is 18.4. The van der Waals surface area contributed by atoms with Crippen molar-refractivity contribution in [1.82, 2.24) is 4.57 Å². The van der Waals surface area contributed by atoms with Crippen molar-refractivity contribution in [3.63, 3.8) is 0 Å². The Balaban J connectivity index is 0.000000470. The lowest BCUT2D eigenvalue weighted by atomic mass is 9.99. The topological polar surface area (TPSA) is 48.9 Å². The van der Waals surface area contributed by atoms with Crippen LogP contribution in [0.2, 0.25) is 0 Å². The van der Waals surface area contributed by atoms with Gasteiger partial charge in [0.15, 0.2) is 0 Å². The monoisotopic (exact) mass is 338 g/mol. The van der Waals surface area contributed by atoms with Gasteiger partial charge < -0.3 is 9.90 Å². The van der Waals surface area contributed by atoms with E-state index in [-0.39, 0.29) is 5.92 Å². The Morgan fingerprint density at radius 1 is 1.08 bits per heavy atom. The molecule has 0 aromatic carbocycles. The highest BCUT2D eigenvalue weighted by molar-refractivity contribution is 5.67. The van der Waals surface area contributed by atoms with E-state index in [0.717, 1.165) is 25.2 Å². The van der Waals surface area contributed by atoms with Gasteiger partial charge in [0, 0.05) is 5.97 Å². The normalized spacial score (nSPS) is 13.0. The molecule has 0 amide bonds. The molecule has 4 nitrogen and oxygen atoms in total. The van der Waals surface area contributed by atoms with Crippen molar-refractivity contribution in [2.75, 3.05) is 0 Å². The number of carbonyl (C=O) groups excluding carboxylic acids is 1. The van der Waals surface area contributed by atoms with E-state index in [9.17, 15) is 9.90 Å². The first-order valence-electron chi connectivity index (χ1n) is 9.70. The Labute approximate surface area is 148 Å². The lowest BCUT2D eigenvalue weighted by Gasteiger charge is -2.14. The molecule has 140 valence electrons. The maximum absolute atomic E-state index is 10.3. The first-order valence-corrected chi connectivity index (χ1v) is 9.70. The fourth-order valence-corrected chi connectivity index (χ4v) is 2.76. The molecule has 0 aliphatic rings. The summed E-state index contributed by atoms with van der Waals surface area (Å²) < 4.78 is 4.40. The van der Waals surface area contributed by atoms with Gasteiger partial charge in [0.25, 0.3) is 0 Å². The van der Waals surface area contributed by atoms with Gasteiger partial charge in [0.2, 0.25) is 6.33 Å². The molecular formula is C20H38N2O2. The molecule has 1 aromatic heterocycles. The minimum Gasteiger partial charge on any atom is -0.550 e. The molecule has 0 bridgehead atoms. The maximum Gasteiger partial charge on any atom is 0.243 e. The third-order valence-corrected chi connectivity index (χ3v) is 4.57. The SMILES string of the molecule is CCCCC(CC)C(=O)[O-].CCCCC(CC)Cn1cc[n+](C)c1. The summed E-state index contributed by atoms with van der Waals surface area (Å²) in [7, 11) is 2.07. The molecule has 1 aromatic rings. The molecule has 0 N–H and O–H groups in total. The smallest absolute Gasteiger partial charge is 0.243 e. The maximum atomic E-state index is 10.3. The zero-order valence-electron chi connectivity index (χ0n) is 16.5. The molecule has 0 saturated carbocycles. The lowest BCUT2D eigenvalue weighted by Crippen LogP contribution is -2.30. The minimum absolute atomic E-state index is 0.222. The highest BCUT2D eigenvalue weighted by Gasteiger charge is 2.10. The largest absolute Gasteiger partial charge is 0.550 e. The van der Waals surface area contributed by atoms with Gasteiger partial charge >= 0.3 is 0 Å². The number of aromatic nitrogens is 2. The average molecular weight is 339 g/mol. The second-order valence-corrected chi connectivity index (χ2v) is 6.76. The number of hydrogen-bond donors (Lipinski definition) is 0. The molecule has 0 aliphatic heterocycles. The van der Waals surface area contributed by atoms with Crippen LogP contribution in [0.4, 0.5) is 0 Å². The van der Waals surface area contributed by atoms with Crippen LogP contribution in [0.15, 0.2) is 18.7 Å². The van der Waals surface area contributed by atoms with Crippen LogP contribution in [-0.4, -0.2) is 10.5 Å². The van der Waals surface area contributed by atoms with Crippen LogP contribution in [-0.2, 0) is 18.4 Å². The van der Waals surface area contributed by atoms with E-state index in [1.54, 1.807) is 0 Å². The molecule has 24 heavy (non-hydrogen) atoms. The molecule has 1 heterocycles. The molecule has 0 saturated heterocycles. The van der Waals surface area contributed by atoms with Crippen LogP contribution in [0.5, 0.6) is 0 Å². The molecule has 4 heteroatoms. The number of carbonyl (C=O) groups is 1. The summed E-state index contributed by atoms with van der Waals surface area (Å²) in [6.07, 6.45) is 15.3. The van der Waals surface area contributed by atoms with Crippen LogP contribution in [0, 0.1) is 11.8 Å². The van der Waals surface area contributed by atoms with Crippen molar-refractivity contribution in [3.05, 3.63) is 18.7 Å². The molecule has 0 spiro atoms. The summed E-state index contributed by atoms with van der Waals surface area (Å²) >= 11 is 0. The second-order valence-electron chi connectivity index (χ2n) is 6.76. The van der Waals surface area contributed by atoms with Gasteiger partial charge in [-0.15, -0.1) is 0 Å². The van der Waals surface area contributed by atoms with Crippen LogP contribution >= 0.6 is 0 Å². The number of hydrogen-bond acceptors (Lipinski definition) is 2. The predicted octanol–water partition coefficient (Wildman–Crippen LogP) is 3.48. The fraction of sp³-hybridized carbons (Fsp3) is 0.800. The third-order valence-electron chi connectivity index (χ3n) is 4.57. The quantitative estimate of drug-likeness (QED) is 0.580. The number of imidazole rings is 1. The molecule has 2 atom stereocenters. The van der Waals surface area contributed by atoms with Crippen molar-refractivity contribution in [1.29, 1.82) is 0 Å². The Morgan fingerprint density at radius 3 is 2.12 bits per heavy atom. The third kappa shape index (κ3) is 10.5. The summed E-state index contributed by atoms with van der Waals surface area (Å²) in [5.74, 6) is -0.266. The molecule has 0 aliphatic carbocycles. The summed E-state index contributed by atoms with van der Waals surface area (Å²) in [6.45, 7) is 9.68. The van der Waals surface area contributed by atoms with Crippen molar-refractivity contribution in [2.24, 2.45) is 18.9 Å². The zero-order valence-corrected chi connectivity index (χ0v) is 16.5. The number of unbranched alkanes of at least 4 members (excludes halogenated alkanes) is 2. The van der Waals surface area contributed by atoms with Gasteiger partial charge in [-0.05, 0) is 37.5 Å². The summed E-state index contributed by atoms with van der Waals surface area (Å²) in [4.78, 5) is 10.3. The van der Waals surface area contributed by atoms with Crippen LogP contribution in [0.25, 0.3) is 0 Å². The minimum atomic E-state index is -0.893. The van der Waals surface area contributed by atoms with Gasteiger partial charge in [-0.3, -0.25) is 0 Å². The van der Waals surface area contributed by atoms with Crippen molar-refractivity contribution in [2.45, 2.75) is 85.6 Å². The highest BCUT2D eigenvalue weighted by atomic mass is 16.4. The summed E-state index contributed by atoms with van der Waals surface area (Å²) in [6, 6.07) is 0. The van der Waals surface area contributed by atoms with Crippen LogP contribution < -0.4 is 9.67 Å². The highest BCUT2D eigenvalue weighted by Crippen LogP contribution is 2.14. The van der Waals surface area contributed by atoms with Crippen molar-refractivity contribution in [3.8, 4) is 0 Å². The predicted molar refractivity (Wildman–Crippen MR) is 97.2 cm³/mol. The van der Waals surface area contributed by atoms with Gasteiger partial charge in [-0.2, -0.15) is 0 Å². The Hall–Kier alpha value is -1.32. The van der Waals surface area contributed by atoms with Gasteiger partial charge in [-0.1, -0.05) is 53.4 Å². The van der Waals surface area contributed by atoms with Crippen molar-refractivity contribution >= 4 is 5.97 Å². The van der Waals surface area contributed by atoms with E-state index in [1.807, 2.05) is 6.92 Å². The molecule has 2 unspecified atom stereocenters. The van der Waals surface area contributed by atoms with E-state index in [4.69, 9.17) is 0 Å². The summed E-state index contributed by atoms with van der Waals surface area (Å²) in [5, 5.41) is 10.3. The average Bonchev–Trinajstić information content (AvgIpc) is 2.97. The first kappa shape index (κ1) is 22.7. The van der Waals surface area contributed by atoms with Crippen LogP contribution in [0.1, 0.15) is 79.1 Å². The van der Waals surface area contributed by atoms with E-state index < -0.39 is 5.97 Å². The molecule has 0 fully saturated rings. The van der Waals surface area contributed by atoms with E-state index >= 15 is 0 Å². The number of carboxylic acids is 1. The standard InChI is InChI=1S/C12H23N2.C8H16O2/c1-4-6-7-12(5-2)10-14-9-8-13(3)11-14;1-3-5-6-7(4-2)8(9)10/h8-9,11-12H,4-7,10H2,1-3H3;7H,3-6H2,1-2H3,(H,9,10)/q+1;/p-1. The van der Waals surface area contributed by atoms with Gasteiger partial charge in [0.05, 0.1) is 13.6 Å². The van der Waals surface area contributed by atoms with Gasteiger partial charge in [0.1, 0.15) is 12.4 Å².